The minimum atomic E-state index is -2.43. The van der Waals surface area contributed by atoms with Crippen molar-refractivity contribution in [1.29, 1.82) is 0 Å². The van der Waals surface area contributed by atoms with E-state index in [0.717, 1.165) is 11.3 Å². The van der Waals surface area contributed by atoms with Crippen molar-refractivity contribution in [3.63, 3.8) is 0 Å². The lowest BCUT2D eigenvalue weighted by Crippen LogP contribution is -2.46. The molecular weight excluding hydrogens is 1080 g/mol. The van der Waals surface area contributed by atoms with Crippen molar-refractivity contribution in [2.45, 2.75) is 37.3 Å². The number of esters is 4. The second-order valence-electron chi connectivity index (χ2n) is 19.6. The SMILES string of the molecule is O=C1C(=O)c2ccccc2/C1=C/C1=Cc2sc3c(sc4c5c(sc43)C=C(/C=C3\C(=O)C(=O)c4ccccc43)C5(C(=O)OCc3ccccc3)C(=O)OCc3ccccc3)c2C1(C(=O)OCc1ccccc1)C(=O)OCc1ccccc1. The minimum Gasteiger partial charge on any atom is -0.459 e. The van der Waals surface area contributed by atoms with Crippen LogP contribution in [0.2, 0.25) is 0 Å². The normalized spacial score (nSPS) is 16.3. The van der Waals surface area contributed by atoms with E-state index in [9.17, 15) is 19.2 Å². The molecular formula is C66H40O12S3. The zero-order valence-electron chi connectivity index (χ0n) is 42.4. The monoisotopic (exact) mass is 1120 g/mol. The Balaban J connectivity index is 1.04. The maximum atomic E-state index is 15.7. The van der Waals surface area contributed by atoms with Gasteiger partial charge in [0.1, 0.15) is 26.4 Å². The third kappa shape index (κ3) is 8.22. The van der Waals surface area contributed by atoms with Gasteiger partial charge in [-0.1, -0.05) is 170 Å². The van der Waals surface area contributed by atoms with E-state index in [1.54, 1.807) is 158 Å². The van der Waals surface area contributed by atoms with Crippen LogP contribution in [0, 0.1) is 0 Å². The number of ether oxygens (including phenoxy) is 4. The molecule has 0 radical (unpaired) electrons. The summed E-state index contributed by atoms with van der Waals surface area (Å²) < 4.78 is 26.8. The van der Waals surface area contributed by atoms with Crippen LogP contribution in [-0.2, 0) is 85.0 Å². The number of carbonyl (C=O) groups is 8. The number of Topliss-reactive ketones (excluding diaryl/α,β-unsaturated/α-hetero) is 4. The summed E-state index contributed by atoms with van der Waals surface area (Å²) in [7, 11) is 0. The van der Waals surface area contributed by atoms with Gasteiger partial charge in [-0.25, -0.2) is 0 Å². The standard InChI is InChI=1S/C66H40O12S3/c67-53-45-27-15-13-25-43(45)47(55(53)69)29-41-31-49-51(65(41,61(71)75-33-37-17-5-1-6-18-37)62(72)76-34-38-19-7-2-8-20-38)57-59(79-49)60-58(81-57)52-50(80-60)32-42(30-48-44-26-14-16-28-46(44)54(68)56(48)70)66(52,63(73)77-35-39-21-9-3-10-22-39)64(74)78-36-40-23-11-4-12-24-40/h1-32H,33-36H2/b47-29-,48-30-. The Morgan fingerprint density at radius 2 is 0.630 bits per heavy atom. The van der Waals surface area contributed by atoms with E-state index in [-0.39, 0.29) is 71.0 Å². The van der Waals surface area contributed by atoms with E-state index in [2.05, 4.69) is 0 Å². The zero-order chi connectivity index (χ0) is 55.6. The minimum absolute atomic E-state index is 0.0200. The maximum Gasteiger partial charge on any atom is 0.333 e. The molecule has 15 heteroatoms. The Morgan fingerprint density at radius 1 is 0.346 bits per heavy atom. The molecule has 394 valence electrons. The summed E-state index contributed by atoms with van der Waals surface area (Å²) in [5, 5.41) is 0. The van der Waals surface area contributed by atoms with Crippen LogP contribution in [-0.4, -0.2) is 47.0 Å². The van der Waals surface area contributed by atoms with Gasteiger partial charge >= 0.3 is 23.9 Å². The highest BCUT2D eigenvalue weighted by atomic mass is 32.1. The average Bonchev–Trinajstić information content (AvgIpc) is 4.15. The number of ketones is 4. The molecule has 6 aromatic carbocycles. The zero-order valence-corrected chi connectivity index (χ0v) is 44.9. The summed E-state index contributed by atoms with van der Waals surface area (Å²) in [4.78, 5) is 119. The third-order valence-electron chi connectivity index (χ3n) is 14.9. The van der Waals surface area contributed by atoms with E-state index in [1.165, 1.54) is 34.8 Å². The summed E-state index contributed by atoms with van der Waals surface area (Å²) in [5.74, 6) is -7.22. The number of thiophene rings is 3. The number of allylic oxidation sites excluding steroid dienone is 4. The van der Waals surface area contributed by atoms with Crippen LogP contribution in [0.15, 0.2) is 193 Å². The Bertz CT molecular complexity index is 3940. The van der Waals surface area contributed by atoms with Gasteiger partial charge in [0, 0.05) is 43.2 Å². The molecule has 13 rings (SSSR count). The van der Waals surface area contributed by atoms with Crippen LogP contribution in [0.4, 0.5) is 0 Å². The second kappa shape index (κ2) is 20.3. The highest BCUT2D eigenvalue weighted by Crippen LogP contribution is 2.61. The highest BCUT2D eigenvalue weighted by Gasteiger charge is 2.62. The van der Waals surface area contributed by atoms with Crippen LogP contribution < -0.4 is 0 Å². The Hall–Kier alpha value is -9.54. The van der Waals surface area contributed by atoms with Gasteiger partial charge in [-0.05, 0) is 68.8 Å². The first kappa shape index (κ1) is 50.9. The topological polar surface area (TPSA) is 173 Å². The van der Waals surface area contributed by atoms with Gasteiger partial charge in [-0.3, -0.25) is 38.4 Å². The predicted molar refractivity (Wildman–Crippen MR) is 307 cm³/mol. The summed E-state index contributed by atoms with van der Waals surface area (Å²) in [6.07, 6.45) is 6.10. The van der Waals surface area contributed by atoms with E-state index in [1.807, 2.05) is 24.3 Å². The van der Waals surface area contributed by atoms with E-state index < -0.39 is 57.8 Å². The smallest absolute Gasteiger partial charge is 0.333 e. The van der Waals surface area contributed by atoms with E-state index in [4.69, 9.17) is 18.9 Å². The fourth-order valence-corrected chi connectivity index (χ4v) is 15.6. The molecule has 3 heterocycles. The number of benzene rings is 6. The molecule has 0 bridgehead atoms. The van der Waals surface area contributed by atoms with Crippen molar-refractivity contribution < 1.29 is 57.3 Å². The Morgan fingerprint density at radius 3 is 0.938 bits per heavy atom. The molecule has 0 saturated heterocycles. The van der Waals surface area contributed by atoms with Crippen LogP contribution in [0.3, 0.4) is 0 Å². The molecule has 0 unspecified atom stereocenters. The van der Waals surface area contributed by atoms with Crippen molar-refractivity contribution >= 4 is 123 Å². The average molecular weight is 1120 g/mol. The molecule has 81 heavy (non-hydrogen) atoms. The second-order valence-corrected chi connectivity index (χ2v) is 22.7. The number of fused-ring (bicyclic) bond motifs is 9. The summed E-state index contributed by atoms with van der Waals surface area (Å²) in [5.41, 5.74) is -1.05. The molecule has 9 aromatic rings. The predicted octanol–water partition coefficient (Wildman–Crippen LogP) is 12.1. The Kier molecular flexibility index (Phi) is 12.8. The number of carbonyl (C=O) groups excluding carboxylic acids is 8. The van der Waals surface area contributed by atoms with E-state index >= 15 is 19.2 Å². The summed E-state index contributed by atoms with van der Waals surface area (Å²) in [6, 6.07) is 48.7. The molecule has 12 nitrogen and oxygen atoms in total. The molecule has 3 aromatic heterocycles. The Labute approximate surface area is 473 Å². The largest absolute Gasteiger partial charge is 0.459 e. The molecule has 0 spiro atoms. The van der Waals surface area contributed by atoms with Gasteiger partial charge in [0.25, 0.3) is 0 Å². The molecule has 0 atom stereocenters. The lowest BCUT2D eigenvalue weighted by molar-refractivity contribution is -0.166. The summed E-state index contributed by atoms with van der Waals surface area (Å²) >= 11 is 3.62. The van der Waals surface area contributed by atoms with Crippen molar-refractivity contribution in [2.24, 2.45) is 0 Å². The molecule has 0 amide bonds. The number of hydrogen-bond donors (Lipinski definition) is 0. The van der Waals surface area contributed by atoms with Crippen LogP contribution in [0.5, 0.6) is 0 Å². The quantitative estimate of drug-likeness (QED) is 0.0332. The van der Waals surface area contributed by atoms with Crippen molar-refractivity contribution in [1.82, 2.24) is 0 Å². The van der Waals surface area contributed by atoms with Gasteiger partial charge < -0.3 is 18.9 Å². The molecule has 4 aliphatic rings. The molecule has 4 aliphatic carbocycles. The van der Waals surface area contributed by atoms with Crippen molar-refractivity contribution in [3.8, 4) is 0 Å². The van der Waals surface area contributed by atoms with Gasteiger partial charge in [0.2, 0.25) is 34.0 Å². The molecule has 0 aliphatic heterocycles. The molecule has 0 fully saturated rings. The fraction of sp³-hybridized carbons (Fsp3) is 0.0909. The lowest BCUT2D eigenvalue weighted by Gasteiger charge is -2.29. The highest BCUT2D eigenvalue weighted by molar-refractivity contribution is 7.39. The third-order valence-corrected chi connectivity index (χ3v) is 18.8. The number of hydrogen-bond acceptors (Lipinski definition) is 15. The first-order valence-electron chi connectivity index (χ1n) is 25.6. The maximum absolute atomic E-state index is 15.7. The first-order chi connectivity index (χ1) is 39.5. The van der Waals surface area contributed by atoms with Gasteiger partial charge in [-0.15, -0.1) is 34.0 Å². The van der Waals surface area contributed by atoms with Gasteiger partial charge in [0.05, 0.1) is 18.8 Å². The van der Waals surface area contributed by atoms with Crippen molar-refractivity contribution in [2.75, 3.05) is 0 Å². The lowest BCUT2D eigenvalue weighted by atomic mass is 9.76. The summed E-state index contributed by atoms with van der Waals surface area (Å²) in [6.45, 7) is -1.02. The van der Waals surface area contributed by atoms with Crippen LogP contribution >= 0.6 is 34.0 Å². The van der Waals surface area contributed by atoms with Crippen molar-refractivity contribution in [3.05, 3.63) is 259 Å². The molecule has 0 N–H and O–H groups in total. The fourth-order valence-electron chi connectivity index (χ4n) is 11.0. The van der Waals surface area contributed by atoms with Crippen LogP contribution in [0.25, 0.3) is 42.1 Å². The first-order valence-corrected chi connectivity index (χ1v) is 28.0. The van der Waals surface area contributed by atoms with Gasteiger partial charge in [-0.2, -0.15) is 0 Å². The molecule has 0 saturated carbocycles. The van der Waals surface area contributed by atoms with Gasteiger partial charge in [0.15, 0.2) is 0 Å². The number of rotatable bonds is 14. The van der Waals surface area contributed by atoms with Crippen LogP contribution in [0.1, 0.15) is 75.0 Å². The van der Waals surface area contributed by atoms with E-state index in [0.29, 0.717) is 61.9 Å².